The highest BCUT2D eigenvalue weighted by Crippen LogP contribution is 2.31. The molecule has 0 aliphatic rings. The summed E-state index contributed by atoms with van der Waals surface area (Å²) in [6.07, 6.45) is 0. The van der Waals surface area contributed by atoms with Gasteiger partial charge in [0.1, 0.15) is 11.6 Å². The van der Waals surface area contributed by atoms with E-state index in [0.717, 1.165) is 15.7 Å². The van der Waals surface area contributed by atoms with E-state index >= 15 is 0 Å². The first-order valence-corrected chi connectivity index (χ1v) is 8.32. The molecule has 0 amide bonds. The zero-order valence-electron chi connectivity index (χ0n) is 11.0. The van der Waals surface area contributed by atoms with Crippen LogP contribution in [0.15, 0.2) is 39.3 Å². The van der Waals surface area contributed by atoms with Gasteiger partial charge in [-0.1, -0.05) is 6.07 Å². The molecule has 0 radical (unpaired) electrons. The number of rotatable bonds is 2. The van der Waals surface area contributed by atoms with Gasteiger partial charge in [-0.05, 0) is 62.5 Å². The lowest BCUT2D eigenvalue weighted by Crippen LogP contribution is -2.00. The van der Waals surface area contributed by atoms with Gasteiger partial charge in [-0.2, -0.15) is 0 Å². The number of alkyl halides is 1. The molecule has 3 rings (SSSR count). The number of halogens is 4. The first-order chi connectivity index (χ1) is 10.0. The molecule has 0 N–H and O–H groups in total. The average Bonchev–Trinajstić information content (AvgIpc) is 2.77. The van der Waals surface area contributed by atoms with Gasteiger partial charge in [0.25, 0.3) is 0 Å². The smallest absolute Gasteiger partial charge is 0.139 e. The van der Waals surface area contributed by atoms with Crippen LogP contribution in [0.5, 0.6) is 0 Å². The summed E-state index contributed by atoms with van der Waals surface area (Å²) in [5.74, 6) is 0.593. The maximum Gasteiger partial charge on any atom is 0.139 e. The Morgan fingerprint density at radius 1 is 1.19 bits per heavy atom. The third-order valence-corrected chi connectivity index (χ3v) is 4.71. The zero-order valence-corrected chi connectivity index (χ0v) is 14.9. The second-order valence-electron chi connectivity index (χ2n) is 4.71. The molecule has 0 atom stereocenters. The summed E-state index contributed by atoms with van der Waals surface area (Å²) in [4.78, 5) is 4.49. The minimum absolute atomic E-state index is 0.244. The van der Waals surface area contributed by atoms with Crippen molar-refractivity contribution in [3.63, 3.8) is 0 Å². The Hall–Kier alpha value is -0.910. The minimum atomic E-state index is -0.326. The van der Waals surface area contributed by atoms with Crippen molar-refractivity contribution in [2.75, 3.05) is 0 Å². The predicted octanol–water partition coefficient (Wildman–Crippen LogP) is 5.74. The normalized spacial score (nSPS) is 11.3. The Balaban J connectivity index is 2.37. The van der Waals surface area contributed by atoms with Crippen molar-refractivity contribution in [1.29, 1.82) is 0 Å². The van der Waals surface area contributed by atoms with Crippen LogP contribution in [0.2, 0.25) is 0 Å². The lowest BCUT2D eigenvalue weighted by molar-refractivity contribution is 0.622. The molecule has 6 heteroatoms. The number of hydrogen-bond acceptors (Lipinski definition) is 1. The van der Waals surface area contributed by atoms with E-state index < -0.39 is 0 Å². The third-order valence-electron chi connectivity index (χ3n) is 3.23. The number of aromatic nitrogens is 2. The standard InChI is InChI=1S/C15H10Br2ClFN2/c1-8-2-3-13(10(17)4-8)21-14-6-11(19)9(16)5-12(14)20-15(21)7-18/h2-6H,7H2,1H3. The van der Waals surface area contributed by atoms with Crippen molar-refractivity contribution in [2.45, 2.75) is 12.8 Å². The van der Waals surface area contributed by atoms with Crippen molar-refractivity contribution in [3.05, 3.63) is 56.5 Å². The van der Waals surface area contributed by atoms with Crippen LogP contribution < -0.4 is 0 Å². The van der Waals surface area contributed by atoms with Crippen LogP contribution in [0, 0.1) is 12.7 Å². The zero-order chi connectivity index (χ0) is 15.1. The van der Waals surface area contributed by atoms with Crippen LogP contribution in [0.4, 0.5) is 4.39 Å². The summed E-state index contributed by atoms with van der Waals surface area (Å²) in [5.41, 5.74) is 3.42. The summed E-state index contributed by atoms with van der Waals surface area (Å²) >= 11 is 12.8. The van der Waals surface area contributed by atoms with Crippen LogP contribution in [-0.4, -0.2) is 9.55 Å². The Bertz CT molecular complexity index is 845. The van der Waals surface area contributed by atoms with E-state index in [2.05, 4.69) is 36.8 Å². The highest BCUT2D eigenvalue weighted by Gasteiger charge is 2.16. The molecule has 0 bridgehead atoms. The Morgan fingerprint density at radius 2 is 1.95 bits per heavy atom. The average molecular weight is 433 g/mol. The van der Waals surface area contributed by atoms with E-state index in [9.17, 15) is 4.39 Å². The monoisotopic (exact) mass is 430 g/mol. The van der Waals surface area contributed by atoms with Crippen LogP contribution in [0.25, 0.3) is 16.7 Å². The fourth-order valence-electron chi connectivity index (χ4n) is 2.27. The molecule has 0 fully saturated rings. The fourth-order valence-corrected chi connectivity index (χ4v) is 3.46. The van der Waals surface area contributed by atoms with Gasteiger partial charge >= 0.3 is 0 Å². The van der Waals surface area contributed by atoms with Crippen LogP contribution in [0.3, 0.4) is 0 Å². The lowest BCUT2D eigenvalue weighted by Gasteiger charge is -2.11. The molecule has 21 heavy (non-hydrogen) atoms. The summed E-state index contributed by atoms with van der Waals surface area (Å²) in [6.45, 7) is 2.01. The van der Waals surface area contributed by atoms with Gasteiger partial charge in [-0.3, -0.25) is 4.57 Å². The molecule has 2 nitrogen and oxygen atoms in total. The highest BCUT2D eigenvalue weighted by atomic mass is 79.9. The molecule has 0 saturated heterocycles. The first kappa shape index (κ1) is 15.0. The van der Waals surface area contributed by atoms with Crippen LogP contribution in [0.1, 0.15) is 11.4 Å². The molecule has 1 heterocycles. The van der Waals surface area contributed by atoms with Gasteiger partial charge < -0.3 is 0 Å². The summed E-state index contributed by atoms with van der Waals surface area (Å²) in [7, 11) is 0. The number of aryl methyl sites for hydroxylation is 1. The number of hydrogen-bond donors (Lipinski definition) is 0. The lowest BCUT2D eigenvalue weighted by atomic mass is 10.2. The predicted molar refractivity (Wildman–Crippen MR) is 90.7 cm³/mol. The second kappa shape index (κ2) is 5.71. The fraction of sp³-hybridized carbons (Fsp3) is 0.133. The van der Waals surface area contributed by atoms with E-state index in [-0.39, 0.29) is 11.7 Å². The molecule has 1 aromatic heterocycles. The number of nitrogens with zero attached hydrogens (tertiary/aromatic N) is 2. The topological polar surface area (TPSA) is 17.8 Å². The van der Waals surface area contributed by atoms with E-state index in [0.29, 0.717) is 21.3 Å². The first-order valence-electron chi connectivity index (χ1n) is 6.20. The van der Waals surface area contributed by atoms with Gasteiger partial charge in [0.15, 0.2) is 0 Å². The van der Waals surface area contributed by atoms with Crippen LogP contribution in [-0.2, 0) is 5.88 Å². The van der Waals surface area contributed by atoms with E-state index in [1.807, 2.05) is 29.7 Å². The minimum Gasteiger partial charge on any atom is -0.294 e. The third kappa shape index (κ3) is 2.62. The Kier molecular flexibility index (Phi) is 4.08. The van der Waals surface area contributed by atoms with Gasteiger partial charge in [0.2, 0.25) is 0 Å². The van der Waals surface area contributed by atoms with Gasteiger partial charge in [-0.15, -0.1) is 11.6 Å². The highest BCUT2D eigenvalue weighted by molar-refractivity contribution is 9.10. The molecule has 0 spiro atoms. The molecule has 0 saturated carbocycles. The van der Waals surface area contributed by atoms with E-state index in [4.69, 9.17) is 11.6 Å². The maximum atomic E-state index is 13.9. The van der Waals surface area contributed by atoms with Crippen molar-refractivity contribution in [2.24, 2.45) is 0 Å². The van der Waals surface area contributed by atoms with E-state index in [1.165, 1.54) is 6.07 Å². The van der Waals surface area contributed by atoms with Crippen molar-refractivity contribution >= 4 is 54.5 Å². The Labute approximate surface area is 143 Å². The molecule has 0 aliphatic heterocycles. The van der Waals surface area contributed by atoms with E-state index in [1.54, 1.807) is 6.07 Å². The maximum absolute atomic E-state index is 13.9. The van der Waals surface area contributed by atoms with Gasteiger partial charge in [-0.25, -0.2) is 9.37 Å². The number of imidazole rings is 1. The largest absolute Gasteiger partial charge is 0.294 e. The summed E-state index contributed by atoms with van der Waals surface area (Å²) < 4.78 is 17.1. The van der Waals surface area contributed by atoms with Gasteiger partial charge in [0, 0.05) is 10.5 Å². The second-order valence-corrected chi connectivity index (χ2v) is 6.68. The molecule has 108 valence electrons. The summed E-state index contributed by atoms with van der Waals surface area (Å²) in [6, 6.07) is 9.11. The number of benzene rings is 2. The molecular weight excluding hydrogens is 422 g/mol. The molecule has 0 unspecified atom stereocenters. The molecule has 3 aromatic rings. The van der Waals surface area contributed by atoms with Crippen molar-refractivity contribution in [3.8, 4) is 5.69 Å². The molecule has 0 aliphatic carbocycles. The SMILES string of the molecule is Cc1ccc(-n2c(CCl)nc3cc(Br)c(F)cc32)c(Br)c1. The molecule has 2 aromatic carbocycles. The van der Waals surface area contributed by atoms with Crippen molar-refractivity contribution < 1.29 is 4.39 Å². The molecular formula is C15H10Br2ClFN2. The Morgan fingerprint density at radius 3 is 2.62 bits per heavy atom. The van der Waals surface area contributed by atoms with Crippen LogP contribution >= 0.6 is 43.5 Å². The number of fused-ring (bicyclic) bond motifs is 1. The van der Waals surface area contributed by atoms with Crippen molar-refractivity contribution in [1.82, 2.24) is 9.55 Å². The summed E-state index contributed by atoms with van der Waals surface area (Å²) in [5, 5.41) is 0. The van der Waals surface area contributed by atoms with Gasteiger partial charge in [0.05, 0.1) is 27.1 Å². The quantitative estimate of drug-likeness (QED) is 0.473.